The van der Waals surface area contributed by atoms with E-state index in [4.69, 9.17) is 14.2 Å². The van der Waals surface area contributed by atoms with E-state index in [0.717, 1.165) is 23.1 Å². The molecule has 0 saturated heterocycles. The summed E-state index contributed by atoms with van der Waals surface area (Å²) < 4.78 is 16.6. The van der Waals surface area contributed by atoms with Gasteiger partial charge >= 0.3 is 0 Å². The molecule has 0 amide bonds. The fraction of sp³-hybridized carbons (Fsp3) is 0.700. The van der Waals surface area contributed by atoms with E-state index >= 15 is 0 Å². The molecule has 1 aromatic rings. The maximum Gasteiger partial charge on any atom is 0.203 e. The molecule has 0 bridgehead atoms. The van der Waals surface area contributed by atoms with Crippen LogP contribution in [-0.4, -0.2) is 37.5 Å². The van der Waals surface area contributed by atoms with E-state index < -0.39 is 0 Å². The highest BCUT2D eigenvalue weighted by Gasteiger charge is 2.40. The standard InChI is InChI=1S/C20H33BrO4S/c1-9-26-18(20(4,5)11-19(2,3)12-21)15-13(22)10-14(23-6)16(24-7)17(15)25-8/h10,18,22H,9,11-12H2,1-8H3. The number of aromatic hydroxyl groups is 1. The van der Waals surface area contributed by atoms with Crippen LogP contribution < -0.4 is 14.2 Å². The highest BCUT2D eigenvalue weighted by molar-refractivity contribution is 9.09. The molecule has 0 heterocycles. The van der Waals surface area contributed by atoms with Gasteiger partial charge in [0.05, 0.1) is 26.9 Å². The lowest BCUT2D eigenvalue weighted by Crippen LogP contribution is -2.29. The van der Waals surface area contributed by atoms with Crippen molar-refractivity contribution in [3.8, 4) is 23.0 Å². The molecule has 0 radical (unpaired) electrons. The van der Waals surface area contributed by atoms with Crippen molar-refractivity contribution in [1.82, 2.24) is 0 Å². The number of alkyl halides is 1. The smallest absolute Gasteiger partial charge is 0.203 e. The van der Waals surface area contributed by atoms with Gasteiger partial charge in [-0.25, -0.2) is 0 Å². The third kappa shape index (κ3) is 5.16. The van der Waals surface area contributed by atoms with E-state index in [1.807, 2.05) is 11.8 Å². The van der Waals surface area contributed by atoms with Gasteiger partial charge in [-0.2, -0.15) is 11.8 Å². The van der Waals surface area contributed by atoms with Gasteiger partial charge in [0, 0.05) is 16.6 Å². The molecule has 0 aliphatic heterocycles. The summed E-state index contributed by atoms with van der Waals surface area (Å²) in [5.41, 5.74) is 0.824. The molecule has 26 heavy (non-hydrogen) atoms. The van der Waals surface area contributed by atoms with Crippen molar-refractivity contribution in [2.75, 3.05) is 32.4 Å². The van der Waals surface area contributed by atoms with Gasteiger partial charge in [0.25, 0.3) is 0 Å². The molecule has 1 rings (SSSR count). The zero-order valence-corrected chi connectivity index (χ0v) is 19.6. The van der Waals surface area contributed by atoms with Crippen molar-refractivity contribution in [3.63, 3.8) is 0 Å². The first kappa shape index (κ1) is 23.3. The second kappa shape index (κ2) is 9.45. The van der Waals surface area contributed by atoms with E-state index in [1.54, 1.807) is 27.4 Å². The first-order chi connectivity index (χ1) is 12.1. The minimum atomic E-state index is -0.0810. The topological polar surface area (TPSA) is 47.9 Å². The number of methoxy groups -OCH3 is 3. The van der Waals surface area contributed by atoms with Crippen LogP contribution in [0.15, 0.2) is 6.07 Å². The lowest BCUT2D eigenvalue weighted by atomic mass is 9.72. The number of phenols is 1. The second-order valence-corrected chi connectivity index (χ2v) is 9.82. The average molecular weight is 449 g/mol. The van der Waals surface area contributed by atoms with Gasteiger partial charge in [0.1, 0.15) is 5.75 Å². The monoisotopic (exact) mass is 448 g/mol. The Morgan fingerprint density at radius 3 is 2.08 bits per heavy atom. The summed E-state index contributed by atoms with van der Waals surface area (Å²) in [5.74, 6) is 2.62. The molecular weight excluding hydrogens is 416 g/mol. The maximum atomic E-state index is 10.8. The predicted octanol–water partition coefficient (Wildman–Crippen LogP) is 6.05. The summed E-state index contributed by atoms with van der Waals surface area (Å²) >= 11 is 5.45. The Labute approximate surface area is 171 Å². The van der Waals surface area contributed by atoms with Crippen molar-refractivity contribution < 1.29 is 19.3 Å². The molecule has 0 saturated carbocycles. The lowest BCUT2D eigenvalue weighted by Gasteiger charge is -2.40. The molecule has 0 spiro atoms. The van der Waals surface area contributed by atoms with Gasteiger partial charge in [0.2, 0.25) is 5.75 Å². The van der Waals surface area contributed by atoms with Crippen LogP contribution in [-0.2, 0) is 0 Å². The molecule has 4 nitrogen and oxygen atoms in total. The predicted molar refractivity (Wildman–Crippen MR) is 115 cm³/mol. The number of benzene rings is 1. The highest BCUT2D eigenvalue weighted by Crippen LogP contribution is 2.57. The van der Waals surface area contributed by atoms with Crippen LogP contribution in [0.25, 0.3) is 0 Å². The Morgan fingerprint density at radius 2 is 1.65 bits per heavy atom. The Kier molecular flexibility index (Phi) is 8.46. The van der Waals surface area contributed by atoms with E-state index in [1.165, 1.54) is 0 Å². The molecular formula is C20H33BrO4S. The third-order valence-corrected chi connectivity index (χ3v) is 7.51. The normalized spacial score (nSPS) is 13.4. The largest absolute Gasteiger partial charge is 0.507 e. The molecule has 0 fully saturated rings. The Bertz CT molecular complexity index is 602. The summed E-state index contributed by atoms with van der Waals surface area (Å²) in [6.07, 6.45) is 0.986. The summed E-state index contributed by atoms with van der Waals surface area (Å²) in [4.78, 5) is 0. The molecule has 1 aromatic carbocycles. The number of hydrogen-bond acceptors (Lipinski definition) is 5. The number of halogens is 1. The van der Waals surface area contributed by atoms with Crippen molar-refractivity contribution >= 4 is 27.7 Å². The molecule has 1 N–H and O–H groups in total. The van der Waals surface area contributed by atoms with Gasteiger partial charge in [-0.3, -0.25) is 0 Å². The van der Waals surface area contributed by atoms with Crippen molar-refractivity contribution in [1.29, 1.82) is 0 Å². The number of rotatable bonds is 10. The fourth-order valence-electron chi connectivity index (χ4n) is 3.66. The number of ether oxygens (including phenoxy) is 3. The average Bonchev–Trinajstić information content (AvgIpc) is 2.57. The maximum absolute atomic E-state index is 10.8. The second-order valence-electron chi connectivity index (χ2n) is 7.88. The van der Waals surface area contributed by atoms with Crippen LogP contribution in [0.4, 0.5) is 0 Å². The minimum Gasteiger partial charge on any atom is -0.507 e. The molecule has 6 heteroatoms. The van der Waals surface area contributed by atoms with Crippen molar-refractivity contribution in [2.24, 2.45) is 10.8 Å². The van der Waals surface area contributed by atoms with E-state index in [2.05, 4.69) is 50.5 Å². The quantitative estimate of drug-likeness (QED) is 0.441. The molecule has 0 aliphatic rings. The molecule has 1 atom stereocenters. The van der Waals surface area contributed by atoms with Crippen molar-refractivity contribution in [3.05, 3.63) is 11.6 Å². The lowest BCUT2D eigenvalue weighted by molar-refractivity contribution is 0.208. The fourth-order valence-corrected chi connectivity index (χ4v) is 5.12. The van der Waals surface area contributed by atoms with Gasteiger partial charge in [-0.15, -0.1) is 0 Å². The van der Waals surface area contributed by atoms with Crippen LogP contribution in [0.1, 0.15) is 51.9 Å². The zero-order chi connectivity index (χ0) is 20.1. The summed E-state index contributed by atoms with van der Waals surface area (Å²) in [6, 6.07) is 1.62. The number of phenolic OH excluding ortho intramolecular Hbond substituents is 1. The molecule has 1 unspecified atom stereocenters. The Morgan fingerprint density at radius 1 is 1.08 bits per heavy atom. The molecule has 150 valence electrons. The SMILES string of the molecule is CCSC(c1c(O)cc(OC)c(OC)c1OC)C(C)(C)CC(C)(C)CBr. The van der Waals surface area contributed by atoms with Gasteiger partial charge < -0.3 is 19.3 Å². The third-order valence-electron chi connectivity index (χ3n) is 4.45. The van der Waals surface area contributed by atoms with Gasteiger partial charge in [-0.1, -0.05) is 50.5 Å². The van der Waals surface area contributed by atoms with Crippen LogP contribution in [0.3, 0.4) is 0 Å². The zero-order valence-electron chi connectivity index (χ0n) is 17.2. The Hall–Kier alpha value is -0.750. The first-order valence-electron chi connectivity index (χ1n) is 8.77. The van der Waals surface area contributed by atoms with E-state index in [0.29, 0.717) is 17.2 Å². The number of hydrogen-bond donors (Lipinski definition) is 1. The number of thioether (sulfide) groups is 1. The summed E-state index contributed by atoms with van der Waals surface area (Å²) in [5, 5.41) is 11.8. The summed E-state index contributed by atoms with van der Waals surface area (Å²) in [7, 11) is 4.74. The summed E-state index contributed by atoms with van der Waals surface area (Å²) in [6.45, 7) is 11.1. The van der Waals surface area contributed by atoms with Crippen LogP contribution >= 0.6 is 27.7 Å². The highest BCUT2D eigenvalue weighted by atomic mass is 79.9. The Balaban J connectivity index is 3.59. The minimum absolute atomic E-state index is 0.0422. The first-order valence-corrected chi connectivity index (χ1v) is 10.9. The van der Waals surface area contributed by atoms with Gasteiger partial charge in [-0.05, 0) is 23.0 Å². The van der Waals surface area contributed by atoms with Gasteiger partial charge in [0.15, 0.2) is 11.5 Å². The molecule has 0 aromatic heterocycles. The van der Waals surface area contributed by atoms with Crippen LogP contribution in [0, 0.1) is 10.8 Å². The van der Waals surface area contributed by atoms with E-state index in [9.17, 15) is 5.11 Å². The van der Waals surface area contributed by atoms with E-state index in [-0.39, 0.29) is 21.8 Å². The van der Waals surface area contributed by atoms with Crippen molar-refractivity contribution in [2.45, 2.75) is 46.3 Å². The molecule has 0 aliphatic carbocycles. The van der Waals surface area contributed by atoms with Crippen LogP contribution in [0.2, 0.25) is 0 Å². The van der Waals surface area contributed by atoms with Crippen LogP contribution in [0.5, 0.6) is 23.0 Å².